The molecule has 0 N–H and O–H groups in total. The average Bonchev–Trinajstić information content (AvgIpc) is 2.85. The molecule has 4 heteroatoms. The number of halogens is 2. The van der Waals surface area contributed by atoms with E-state index >= 15 is 0 Å². The summed E-state index contributed by atoms with van der Waals surface area (Å²) in [5, 5.41) is 0.754. The molecule has 1 aromatic rings. The Balaban J connectivity index is 1.71. The highest BCUT2D eigenvalue weighted by Crippen LogP contribution is 2.38. The highest BCUT2D eigenvalue weighted by Gasteiger charge is 2.42. The summed E-state index contributed by atoms with van der Waals surface area (Å²) >= 11 is 9.74. The van der Waals surface area contributed by atoms with Crippen LogP contribution >= 0.6 is 27.5 Å². The maximum absolute atomic E-state index is 12.9. The number of benzene rings is 1. The number of carbonyl (C=O) groups is 1. The van der Waals surface area contributed by atoms with Crippen LogP contribution < -0.4 is 0 Å². The zero-order valence-electron chi connectivity index (χ0n) is 13.1. The normalized spacial score (nSPS) is 24.8. The Labute approximate surface area is 146 Å². The van der Waals surface area contributed by atoms with E-state index in [-0.39, 0.29) is 11.5 Å². The lowest BCUT2D eigenvalue weighted by molar-refractivity contribution is -0.137. The van der Waals surface area contributed by atoms with Crippen LogP contribution in [0.25, 0.3) is 0 Å². The Morgan fingerprint density at radius 1 is 1.32 bits per heavy atom. The van der Waals surface area contributed by atoms with Crippen molar-refractivity contribution in [2.24, 2.45) is 5.92 Å². The third kappa shape index (κ3) is 3.21. The third-order valence-electron chi connectivity index (χ3n) is 5.38. The van der Waals surface area contributed by atoms with Crippen LogP contribution in [-0.2, 0) is 11.2 Å². The first kappa shape index (κ1) is 16.3. The van der Waals surface area contributed by atoms with Gasteiger partial charge >= 0.3 is 0 Å². The van der Waals surface area contributed by atoms with Crippen molar-refractivity contribution < 1.29 is 4.79 Å². The summed E-state index contributed by atoms with van der Waals surface area (Å²) in [6.45, 7) is 3.19. The van der Waals surface area contributed by atoms with Gasteiger partial charge in [-0.25, -0.2) is 0 Å². The number of rotatable bonds is 3. The van der Waals surface area contributed by atoms with Gasteiger partial charge in [0.2, 0.25) is 5.91 Å². The largest absolute Gasteiger partial charge is 0.337 e. The van der Waals surface area contributed by atoms with Gasteiger partial charge in [0.05, 0.1) is 0 Å². The number of likely N-dealkylation sites (tertiary alicyclic amines) is 1. The van der Waals surface area contributed by atoms with Crippen LogP contribution in [-0.4, -0.2) is 22.9 Å². The van der Waals surface area contributed by atoms with E-state index in [9.17, 15) is 4.79 Å². The number of hydrogen-bond donors (Lipinski definition) is 0. The summed E-state index contributed by atoms with van der Waals surface area (Å²) in [7, 11) is 0. The molecular weight excluding hydrogens is 362 g/mol. The molecule has 1 saturated carbocycles. The van der Waals surface area contributed by atoms with Gasteiger partial charge in [-0.05, 0) is 50.3 Å². The SMILES string of the molecule is CC1(N2CCC(Cc3ccc(Br)cc3Cl)C2=O)CCCCC1. The van der Waals surface area contributed by atoms with Crippen LogP contribution in [0.4, 0.5) is 0 Å². The number of amides is 1. The van der Waals surface area contributed by atoms with E-state index in [0.29, 0.717) is 5.91 Å². The molecular formula is C18H23BrClNO. The maximum atomic E-state index is 12.9. The molecule has 1 amide bonds. The fourth-order valence-electron chi connectivity index (χ4n) is 4.00. The minimum absolute atomic E-state index is 0.0909. The Hall–Kier alpha value is -0.540. The summed E-state index contributed by atoms with van der Waals surface area (Å²) in [5.74, 6) is 0.431. The number of nitrogens with zero attached hydrogens (tertiary/aromatic N) is 1. The zero-order valence-corrected chi connectivity index (χ0v) is 15.4. The number of carbonyl (C=O) groups excluding carboxylic acids is 1. The molecule has 2 fully saturated rings. The van der Waals surface area contributed by atoms with Gasteiger partial charge in [0, 0.05) is 27.5 Å². The molecule has 1 aromatic carbocycles. The van der Waals surface area contributed by atoms with Gasteiger partial charge in [-0.15, -0.1) is 0 Å². The molecule has 22 heavy (non-hydrogen) atoms. The quantitative estimate of drug-likeness (QED) is 0.700. The van der Waals surface area contributed by atoms with E-state index in [4.69, 9.17) is 11.6 Å². The summed E-state index contributed by atoms with van der Waals surface area (Å²) in [6, 6.07) is 5.95. The fraction of sp³-hybridized carbons (Fsp3) is 0.611. The molecule has 2 aliphatic rings. The Morgan fingerprint density at radius 2 is 2.05 bits per heavy atom. The highest BCUT2D eigenvalue weighted by atomic mass is 79.9. The van der Waals surface area contributed by atoms with Crippen LogP contribution in [0, 0.1) is 5.92 Å². The third-order valence-corrected chi connectivity index (χ3v) is 6.23. The number of hydrogen-bond acceptors (Lipinski definition) is 1. The monoisotopic (exact) mass is 383 g/mol. The molecule has 2 nitrogen and oxygen atoms in total. The average molecular weight is 385 g/mol. The molecule has 1 unspecified atom stereocenters. The summed E-state index contributed by atoms with van der Waals surface area (Å²) in [6.07, 6.45) is 7.86. The smallest absolute Gasteiger partial charge is 0.226 e. The standard InChI is InChI=1S/C18H23BrClNO/c1-18(8-3-2-4-9-18)21-10-7-14(17(21)22)11-13-5-6-15(19)12-16(13)20/h5-6,12,14H,2-4,7-11H2,1H3. The molecule has 0 bridgehead atoms. The van der Waals surface area contributed by atoms with Crippen LogP contribution in [0.3, 0.4) is 0 Å². The Morgan fingerprint density at radius 3 is 2.73 bits per heavy atom. The van der Waals surface area contributed by atoms with Crippen LogP contribution in [0.1, 0.15) is 51.0 Å². The maximum Gasteiger partial charge on any atom is 0.226 e. The molecule has 3 rings (SSSR count). The van der Waals surface area contributed by atoms with E-state index in [1.54, 1.807) is 0 Å². The van der Waals surface area contributed by atoms with Gasteiger partial charge in [-0.2, -0.15) is 0 Å². The lowest BCUT2D eigenvalue weighted by atomic mass is 9.82. The molecule has 1 saturated heterocycles. The van der Waals surface area contributed by atoms with Crippen molar-refractivity contribution in [2.75, 3.05) is 6.54 Å². The summed E-state index contributed by atoms with van der Waals surface area (Å²) in [5.41, 5.74) is 1.17. The van der Waals surface area contributed by atoms with Crippen LogP contribution in [0.5, 0.6) is 0 Å². The fourth-order valence-corrected chi connectivity index (χ4v) is 4.75. The highest BCUT2D eigenvalue weighted by molar-refractivity contribution is 9.10. The van der Waals surface area contributed by atoms with Crippen molar-refractivity contribution in [3.63, 3.8) is 0 Å². The lowest BCUT2D eigenvalue weighted by Crippen LogP contribution is -2.49. The van der Waals surface area contributed by atoms with Gasteiger partial charge in [-0.1, -0.05) is 52.9 Å². The molecule has 0 spiro atoms. The molecule has 1 heterocycles. The van der Waals surface area contributed by atoms with E-state index in [1.807, 2.05) is 18.2 Å². The molecule has 120 valence electrons. The topological polar surface area (TPSA) is 20.3 Å². The van der Waals surface area contributed by atoms with Gasteiger partial charge in [0.15, 0.2) is 0 Å². The van der Waals surface area contributed by atoms with Gasteiger partial charge in [-0.3, -0.25) is 4.79 Å². The molecule has 1 aliphatic carbocycles. The Bertz CT molecular complexity index is 568. The molecule has 0 radical (unpaired) electrons. The van der Waals surface area contributed by atoms with E-state index in [2.05, 4.69) is 27.8 Å². The Kier molecular flexibility index (Phi) is 4.84. The van der Waals surface area contributed by atoms with Gasteiger partial charge in [0.1, 0.15) is 0 Å². The lowest BCUT2D eigenvalue weighted by Gasteiger charge is -2.42. The first-order chi connectivity index (χ1) is 10.5. The van der Waals surface area contributed by atoms with E-state index in [1.165, 1.54) is 19.3 Å². The van der Waals surface area contributed by atoms with Crippen molar-refractivity contribution >= 4 is 33.4 Å². The predicted octanol–water partition coefficient (Wildman–Crippen LogP) is 5.22. The first-order valence-corrected chi connectivity index (χ1v) is 9.42. The van der Waals surface area contributed by atoms with E-state index in [0.717, 1.165) is 47.3 Å². The minimum Gasteiger partial charge on any atom is -0.337 e. The second-order valence-electron chi connectivity index (χ2n) is 6.97. The second-order valence-corrected chi connectivity index (χ2v) is 8.30. The van der Waals surface area contributed by atoms with Crippen molar-refractivity contribution in [3.05, 3.63) is 33.3 Å². The summed E-state index contributed by atoms with van der Waals surface area (Å²) in [4.78, 5) is 15.0. The van der Waals surface area contributed by atoms with Crippen molar-refractivity contribution in [2.45, 2.75) is 57.4 Å². The summed E-state index contributed by atoms with van der Waals surface area (Å²) < 4.78 is 0.982. The van der Waals surface area contributed by atoms with Crippen LogP contribution in [0.15, 0.2) is 22.7 Å². The van der Waals surface area contributed by atoms with Gasteiger partial charge in [0.25, 0.3) is 0 Å². The van der Waals surface area contributed by atoms with Crippen LogP contribution in [0.2, 0.25) is 5.02 Å². The molecule has 1 aliphatic heterocycles. The van der Waals surface area contributed by atoms with Crippen molar-refractivity contribution in [3.8, 4) is 0 Å². The van der Waals surface area contributed by atoms with Gasteiger partial charge < -0.3 is 4.90 Å². The zero-order chi connectivity index (χ0) is 15.7. The predicted molar refractivity (Wildman–Crippen MR) is 94.2 cm³/mol. The second kappa shape index (κ2) is 6.52. The van der Waals surface area contributed by atoms with E-state index < -0.39 is 0 Å². The molecule has 1 atom stereocenters. The minimum atomic E-state index is 0.0909. The molecule has 0 aromatic heterocycles. The van der Waals surface area contributed by atoms with Crippen molar-refractivity contribution in [1.82, 2.24) is 4.90 Å². The first-order valence-electron chi connectivity index (χ1n) is 8.25. The van der Waals surface area contributed by atoms with Crippen molar-refractivity contribution in [1.29, 1.82) is 0 Å².